The second-order valence-corrected chi connectivity index (χ2v) is 5.62. The lowest BCUT2D eigenvalue weighted by Crippen LogP contribution is -2.35. The summed E-state index contributed by atoms with van der Waals surface area (Å²) >= 11 is 5.68. The maximum absolute atomic E-state index is 13.0. The minimum atomic E-state index is -0.492. The predicted octanol–water partition coefficient (Wildman–Crippen LogP) is 2.92. The van der Waals surface area contributed by atoms with E-state index in [1.807, 2.05) is 0 Å². The number of hydrogen-bond acceptors (Lipinski definition) is 3. The lowest BCUT2D eigenvalue weighted by Gasteiger charge is -2.23. The van der Waals surface area contributed by atoms with E-state index in [9.17, 15) is 9.18 Å². The fraction of sp³-hybridized carbons (Fsp3) is 0.533. The van der Waals surface area contributed by atoms with Crippen molar-refractivity contribution in [3.63, 3.8) is 0 Å². The van der Waals surface area contributed by atoms with Crippen LogP contribution in [0.5, 0.6) is 0 Å². The predicted molar refractivity (Wildman–Crippen MR) is 81.1 cm³/mol. The molecule has 1 aromatic carbocycles. The van der Waals surface area contributed by atoms with Gasteiger partial charge < -0.3 is 10.1 Å². The minimum Gasteiger partial charge on any atom is -0.383 e. The highest BCUT2D eigenvalue weighted by molar-refractivity contribution is 6.31. The van der Waals surface area contributed by atoms with Gasteiger partial charge in [0, 0.05) is 31.8 Å². The standard InChI is InChI=1S/C15H20ClFN2O2/c1-21-10-12-3-2-7-19(12)8-6-15(20)18-11-4-5-14(17)13(16)9-11/h4-5,9,12H,2-3,6-8,10H2,1H3,(H,18,20)/t12-/m0/s1. The third-order valence-corrected chi connectivity index (χ3v) is 3.98. The molecule has 21 heavy (non-hydrogen) atoms. The van der Waals surface area contributed by atoms with Gasteiger partial charge in [-0.3, -0.25) is 9.69 Å². The summed E-state index contributed by atoms with van der Waals surface area (Å²) < 4.78 is 18.2. The van der Waals surface area contributed by atoms with E-state index in [-0.39, 0.29) is 10.9 Å². The Kier molecular flexibility index (Phi) is 5.96. The highest BCUT2D eigenvalue weighted by atomic mass is 35.5. The van der Waals surface area contributed by atoms with Crippen molar-refractivity contribution in [2.24, 2.45) is 0 Å². The van der Waals surface area contributed by atoms with Gasteiger partial charge in [0.15, 0.2) is 0 Å². The fourth-order valence-corrected chi connectivity index (χ4v) is 2.79. The first-order chi connectivity index (χ1) is 10.1. The summed E-state index contributed by atoms with van der Waals surface area (Å²) in [5, 5.41) is 2.74. The Hall–Kier alpha value is -1.17. The summed E-state index contributed by atoms with van der Waals surface area (Å²) in [5.74, 6) is -0.588. The van der Waals surface area contributed by atoms with Crippen LogP contribution in [0.4, 0.5) is 10.1 Å². The van der Waals surface area contributed by atoms with Gasteiger partial charge in [0.2, 0.25) is 5.91 Å². The molecule has 0 bridgehead atoms. The number of hydrogen-bond donors (Lipinski definition) is 1. The summed E-state index contributed by atoms with van der Waals surface area (Å²) in [7, 11) is 1.70. The van der Waals surface area contributed by atoms with E-state index in [1.165, 1.54) is 18.2 Å². The lowest BCUT2D eigenvalue weighted by molar-refractivity contribution is -0.116. The van der Waals surface area contributed by atoms with Crippen LogP contribution in [0, 0.1) is 5.82 Å². The molecule has 6 heteroatoms. The molecule has 1 atom stereocenters. The molecule has 1 aliphatic rings. The Morgan fingerprint density at radius 2 is 2.38 bits per heavy atom. The number of nitrogens with one attached hydrogen (secondary N) is 1. The van der Waals surface area contributed by atoms with Crippen LogP contribution < -0.4 is 5.32 Å². The van der Waals surface area contributed by atoms with Crippen molar-refractivity contribution in [3.05, 3.63) is 29.0 Å². The fourth-order valence-electron chi connectivity index (χ4n) is 2.61. The van der Waals surface area contributed by atoms with Crippen LogP contribution in [-0.4, -0.2) is 43.7 Å². The van der Waals surface area contributed by atoms with Crippen molar-refractivity contribution in [2.45, 2.75) is 25.3 Å². The Bertz CT molecular complexity index is 499. The highest BCUT2D eigenvalue weighted by Crippen LogP contribution is 2.20. The molecule has 1 heterocycles. The molecule has 4 nitrogen and oxygen atoms in total. The first kappa shape index (κ1) is 16.2. The van der Waals surface area contributed by atoms with Gasteiger partial charge in [-0.25, -0.2) is 4.39 Å². The molecule has 1 aromatic rings. The Labute approximate surface area is 129 Å². The van der Waals surface area contributed by atoms with E-state index in [0.717, 1.165) is 19.4 Å². The van der Waals surface area contributed by atoms with Crippen LogP contribution in [0.3, 0.4) is 0 Å². The van der Waals surface area contributed by atoms with Gasteiger partial charge in [0.05, 0.1) is 11.6 Å². The molecular weight excluding hydrogens is 295 g/mol. The van der Waals surface area contributed by atoms with Crippen LogP contribution in [0.1, 0.15) is 19.3 Å². The van der Waals surface area contributed by atoms with Gasteiger partial charge in [0.25, 0.3) is 0 Å². The maximum Gasteiger partial charge on any atom is 0.225 e. The van der Waals surface area contributed by atoms with E-state index in [0.29, 0.717) is 31.3 Å². The Balaban J connectivity index is 1.80. The number of ether oxygens (including phenoxy) is 1. The SMILES string of the molecule is COC[C@@H]1CCCN1CCC(=O)Nc1ccc(F)c(Cl)c1. The summed E-state index contributed by atoms with van der Waals surface area (Å²) in [4.78, 5) is 14.2. The highest BCUT2D eigenvalue weighted by Gasteiger charge is 2.24. The number of carbonyl (C=O) groups excluding carboxylic acids is 1. The summed E-state index contributed by atoms with van der Waals surface area (Å²) in [6.07, 6.45) is 2.65. The van der Waals surface area contributed by atoms with Crippen molar-refractivity contribution in [1.82, 2.24) is 4.90 Å². The maximum atomic E-state index is 13.0. The molecule has 1 fully saturated rings. The van der Waals surface area contributed by atoms with Crippen LogP contribution in [0.25, 0.3) is 0 Å². The molecule has 1 aliphatic heterocycles. The van der Waals surface area contributed by atoms with Gasteiger partial charge in [-0.1, -0.05) is 11.6 Å². The van der Waals surface area contributed by atoms with E-state index in [1.54, 1.807) is 7.11 Å². The Morgan fingerprint density at radius 1 is 1.57 bits per heavy atom. The molecular formula is C15H20ClFN2O2. The number of carbonyl (C=O) groups is 1. The molecule has 0 unspecified atom stereocenters. The van der Waals surface area contributed by atoms with Crippen molar-refractivity contribution in [1.29, 1.82) is 0 Å². The number of rotatable bonds is 6. The minimum absolute atomic E-state index is 0.00695. The molecule has 0 spiro atoms. The van der Waals surface area contributed by atoms with Gasteiger partial charge >= 0.3 is 0 Å². The molecule has 1 saturated heterocycles. The average Bonchev–Trinajstić information content (AvgIpc) is 2.89. The van der Waals surface area contributed by atoms with Gasteiger partial charge in [-0.05, 0) is 37.6 Å². The molecule has 0 radical (unpaired) electrons. The summed E-state index contributed by atoms with van der Waals surface area (Å²) in [6, 6.07) is 4.57. The number of anilines is 1. The van der Waals surface area contributed by atoms with Crippen LogP contribution in [-0.2, 0) is 9.53 Å². The number of methoxy groups -OCH3 is 1. The summed E-state index contributed by atoms with van der Waals surface area (Å²) in [6.45, 7) is 2.41. The van der Waals surface area contributed by atoms with Crippen molar-refractivity contribution >= 4 is 23.2 Å². The zero-order valence-corrected chi connectivity index (χ0v) is 12.8. The number of halogens is 2. The normalized spacial score (nSPS) is 18.9. The zero-order valence-electron chi connectivity index (χ0n) is 12.1. The average molecular weight is 315 g/mol. The molecule has 116 valence electrons. The van der Waals surface area contributed by atoms with Crippen LogP contribution in [0.15, 0.2) is 18.2 Å². The van der Waals surface area contributed by atoms with E-state index >= 15 is 0 Å². The second kappa shape index (κ2) is 7.73. The molecule has 0 aromatic heterocycles. The van der Waals surface area contributed by atoms with E-state index in [4.69, 9.17) is 16.3 Å². The quantitative estimate of drug-likeness (QED) is 0.878. The number of nitrogens with zero attached hydrogens (tertiary/aromatic N) is 1. The van der Waals surface area contributed by atoms with E-state index < -0.39 is 5.82 Å². The van der Waals surface area contributed by atoms with Crippen LogP contribution in [0.2, 0.25) is 5.02 Å². The second-order valence-electron chi connectivity index (χ2n) is 5.21. The first-order valence-corrected chi connectivity index (χ1v) is 7.46. The molecule has 0 saturated carbocycles. The van der Waals surface area contributed by atoms with Gasteiger partial charge in [-0.2, -0.15) is 0 Å². The topological polar surface area (TPSA) is 41.6 Å². The third kappa shape index (κ3) is 4.66. The largest absolute Gasteiger partial charge is 0.383 e. The van der Waals surface area contributed by atoms with Crippen molar-refractivity contribution in [3.8, 4) is 0 Å². The number of benzene rings is 1. The number of likely N-dealkylation sites (tertiary alicyclic amines) is 1. The molecule has 2 rings (SSSR count). The Morgan fingerprint density at radius 3 is 3.10 bits per heavy atom. The van der Waals surface area contributed by atoms with Gasteiger partial charge in [0.1, 0.15) is 5.82 Å². The van der Waals surface area contributed by atoms with Crippen molar-refractivity contribution < 1.29 is 13.9 Å². The third-order valence-electron chi connectivity index (χ3n) is 3.69. The number of amides is 1. The molecule has 1 amide bonds. The summed E-state index contributed by atoms with van der Waals surface area (Å²) in [5.41, 5.74) is 0.515. The van der Waals surface area contributed by atoms with Gasteiger partial charge in [-0.15, -0.1) is 0 Å². The zero-order chi connectivity index (χ0) is 15.2. The smallest absolute Gasteiger partial charge is 0.225 e. The first-order valence-electron chi connectivity index (χ1n) is 7.08. The van der Waals surface area contributed by atoms with E-state index in [2.05, 4.69) is 10.2 Å². The molecule has 0 aliphatic carbocycles. The molecule has 1 N–H and O–H groups in total. The van der Waals surface area contributed by atoms with Crippen LogP contribution >= 0.6 is 11.6 Å². The monoisotopic (exact) mass is 314 g/mol. The van der Waals surface area contributed by atoms with Crippen molar-refractivity contribution in [2.75, 3.05) is 32.1 Å². The lowest BCUT2D eigenvalue weighted by atomic mass is 10.2.